The zero-order valence-corrected chi connectivity index (χ0v) is 10.1. The van der Waals surface area contributed by atoms with Crippen molar-refractivity contribution in [1.29, 1.82) is 0 Å². The lowest BCUT2D eigenvalue weighted by Gasteiger charge is -1.92. The van der Waals surface area contributed by atoms with Crippen LogP contribution in [0.1, 0.15) is 32.6 Å². The van der Waals surface area contributed by atoms with E-state index in [-0.39, 0.29) is 0 Å². The van der Waals surface area contributed by atoms with E-state index >= 15 is 0 Å². The molecule has 0 heterocycles. The second kappa shape index (κ2) is 8.36. The summed E-state index contributed by atoms with van der Waals surface area (Å²) in [7, 11) is 0. The molecule has 17 heavy (non-hydrogen) atoms. The van der Waals surface area contributed by atoms with Gasteiger partial charge in [0.2, 0.25) is 0 Å². The zero-order chi connectivity index (χ0) is 12.3. The summed E-state index contributed by atoms with van der Waals surface area (Å²) >= 11 is 0. The van der Waals surface area contributed by atoms with Crippen LogP contribution in [0.3, 0.4) is 0 Å². The number of nitrogens with zero attached hydrogens (tertiary/aromatic N) is 3. The number of rotatable bonds is 7. The van der Waals surface area contributed by atoms with Crippen molar-refractivity contribution >= 4 is 17.4 Å². The van der Waals surface area contributed by atoms with Gasteiger partial charge >= 0.3 is 0 Å². The Balaban J connectivity index is 2.41. The first-order chi connectivity index (χ1) is 8.36. The standard InChI is InChI=1S/C13H17N3O/c1-2-3-4-5-9-14-11-15-12-7-6-8-13(10-12)16-17/h6-8,10H,2-5,9H2,1H3. The van der Waals surface area contributed by atoms with Gasteiger partial charge in [0.1, 0.15) is 5.69 Å². The fourth-order valence-electron chi connectivity index (χ4n) is 1.38. The number of nitroso groups, excluding NO2 is 1. The molecule has 4 heteroatoms. The zero-order valence-electron chi connectivity index (χ0n) is 10.1. The highest BCUT2D eigenvalue weighted by molar-refractivity contribution is 5.56. The van der Waals surface area contributed by atoms with Crippen molar-refractivity contribution in [3.8, 4) is 0 Å². The van der Waals surface area contributed by atoms with Crippen LogP contribution >= 0.6 is 0 Å². The van der Waals surface area contributed by atoms with E-state index in [2.05, 4.69) is 28.1 Å². The van der Waals surface area contributed by atoms with Crippen LogP contribution in [0.25, 0.3) is 0 Å². The van der Waals surface area contributed by atoms with Crippen LogP contribution in [-0.4, -0.2) is 12.6 Å². The minimum Gasteiger partial charge on any atom is -0.225 e. The third kappa shape index (κ3) is 5.73. The highest BCUT2D eigenvalue weighted by Crippen LogP contribution is 2.19. The maximum atomic E-state index is 10.3. The van der Waals surface area contributed by atoms with E-state index in [4.69, 9.17) is 0 Å². The second-order valence-electron chi connectivity index (χ2n) is 3.77. The first kappa shape index (κ1) is 13.3. The number of aliphatic imine (C=N–C) groups is 2. The summed E-state index contributed by atoms with van der Waals surface area (Å²) in [6.07, 6.45) is 4.75. The molecular formula is C13H17N3O. The van der Waals surface area contributed by atoms with Crippen molar-refractivity contribution in [2.24, 2.45) is 15.2 Å². The predicted molar refractivity (Wildman–Crippen MR) is 70.4 cm³/mol. The Labute approximate surface area is 101 Å². The summed E-state index contributed by atoms with van der Waals surface area (Å²) < 4.78 is 0. The minimum absolute atomic E-state index is 0.371. The molecule has 90 valence electrons. The van der Waals surface area contributed by atoms with E-state index in [1.807, 2.05) is 0 Å². The Morgan fingerprint density at radius 3 is 2.76 bits per heavy atom. The van der Waals surface area contributed by atoms with Crippen molar-refractivity contribution in [3.63, 3.8) is 0 Å². The van der Waals surface area contributed by atoms with Crippen LogP contribution in [-0.2, 0) is 0 Å². The molecule has 0 fully saturated rings. The number of benzene rings is 1. The van der Waals surface area contributed by atoms with Crippen LogP contribution in [0, 0.1) is 4.91 Å². The van der Waals surface area contributed by atoms with Gasteiger partial charge in [-0.3, -0.25) is 0 Å². The summed E-state index contributed by atoms with van der Waals surface area (Å²) in [5, 5.41) is 2.84. The van der Waals surface area contributed by atoms with Crippen molar-refractivity contribution in [1.82, 2.24) is 0 Å². The van der Waals surface area contributed by atoms with E-state index in [1.54, 1.807) is 24.3 Å². The van der Waals surface area contributed by atoms with Crippen LogP contribution in [0.5, 0.6) is 0 Å². The normalized spacial score (nSPS) is 9.47. The van der Waals surface area contributed by atoms with E-state index < -0.39 is 0 Å². The van der Waals surface area contributed by atoms with Gasteiger partial charge < -0.3 is 0 Å². The van der Waals surface area contributed by atoms with Gasteiger partial charge in [0, 0.05) is 6.54 Å². The van der Waals surface area contributed by atoms with Crippen LogP contribution in [0.2, 0.25) is 0 Å². The lowest BCUT2D eigenvalue weighted by molar-refractivity contribution is 0.676. The van der Waals surface area contributed by atoms with Gasteiger partial charge in [0.25, 0.3) is 0 Å². The van der Waals surface area contributed by atoms with Crippen molar-refractivity contribution in [2.75, 3.05) is 6.54 Å². The SMILES string of the molecule is CCCCCCN=C=Nc1cccc(N=O)c1. The molecule has 0 radical (unpaired) electrons. The van der Waals surface area contributed by atoms with Gasteiger partial charge in [0.05, 0.1) is 11.7 Å². The summed E-state index contributed by atoms with van der Waals surface area (Å²) in [5.74, 6) is 0. The maximum absolute atomic E-state index is 10.3. The van der Waals surface area contributed by atoms with Crippen LogP contribution in [0.15, 0.2) is 39.4 Å². The van der Waals surface area contributed by atoms with Crippen molar-refractivity contribution < 1.29 is 0 Å². The highest BCUT2D eigenvalue weighted by atomic mass is 16.3. The van der Waals surface area contributed by atoms with Gasteiger partial charge in [-0.1, -0.05) is 32.3 Å². The Hall–Kier alpha value is -1.80. The predicted octanol–water partition coefficient (Wildman–Crippen LogP) is 4.47. The second-order valence-corrected chi connectivity index (χ2v) is 3.77. The number of unbranched alkanes of at least 4 members (excludes halogenated alkanes) is 3. The van der Waals surface area contributed by atoms with E-state index in [1.165, 1.54) is 19.3 Å². The third-order valence-electron chi connectivity index (χ3n) is 2.31. The molecule has 0 atom stereocenters. The molecule has 0 aliphatic heterocycles. The Morgan fingerprint density at radius 1 is 1.18 bits per heavy atom. The van der Waals surface area contributed by atoms with E-state index in [9.17, 15) is 4.91 Å². The summed E-state index contributed by atoms with van der Waals surface area (Å²) in [4.78, 5) is 18.4. The molecule has 0 aromatic heterocycles. The Kier molecular flexibility index (Phi) is 6.53. The molecule has 0 saturated carbocycles. The molecule has 0 aliphatic carbocycles. The molecule has 0 spiro atoms. The average Bonchev–Trinajstić information content (AvgIpc) is 2.38. The third-order valence-corrected chi connectivity index (χ3v) is 2.31. The van der Waals surface area contributed by atoms with Crippen LogP contribution in [0.4, 0.5) is 11.4 Å². The molecule has 0 unspecified atom stereocenters. The first-order valence-corrected chi connectivity index (χ1v) is 5.92. The molecule has 0 bridgehead atoms. The molecule has 1 aromatic rings. The van der Waals surface area contributed by atoms with Crippen molar-refractivity contribution in [3.05, 3.63) is 29.2 Å². The smallest absolute Gasteiger partial charge is 0.110 e. The fourth-order valence-corrected chi connectivity index (χ4v) is 1.38. The topological polar surface area (TPSA) is 54.1 Å². The first-order valence-electron chi connectivity index (χ1n) is 5.92. The van der Waals surface area contributed by atoms with E-state index in [0.717, 1.165) is 13.0 Å². The molecule has 0 amide bonds. The maximum Gasteiger partial charge on any atom is 0.110 e. The Bertz CT molecular complexity index is 409. The molecule has 0 saturated heterocycles. The largest absolute Gasteiger partial charge is 0.225 e. The minimum atomic E-state index is 0.371. The molecule has 0 N–H and O–H groups in total. The average molecular weight is 231 g/mol. The molecule has 1 rings (SSSR count). The number of hydrogen-bond acceptors (Lipinski definition) is 4. The monoisotopic (exact) mass is 231 g/mol. The molecule has 1 aromatic carbocycles. The van der Waals surface area contributed by atoms with Gasteiger partial charge in [-0.15, -0.1) is 4.91 Å². The number of hydrogen-bond donors (Lipinski definition) is 0. The summed E-state index contributed by atoms with van der Waals surface area (Å²) in [5.41, 5.74) is 1.02. The Morgan fingerprint density at radius 2 is 2.00 bits per heavy atom. The van der Waals surface area contributed by atoms with Gasteiger partial charge in [0.15, 0.2) is 0 Å². The van der Waals surface area contributed by atoms with E-state index in [0.29, 0.717) is 11.4 Å². The van der Waals surface area contributed by atoms with Gasteiger partial charge in [-0.25, -0.2) is 4.99 Å². The fraction of sp³-hybridized carbons (Fsp3) is 0.462. The van der Waals surface area contributed by atoms with Gasteiger partial charge in [-0.05, 0) is 29.8 Å². The quantitative estimate of drug-likeness (QED) is 0.388. The lowest BCUT2D eigenvalue weighted by atomic mass is 10.2. The lowest BCUT2D eigenvalue weighted by Crippen LogP contribution is -1.80. The highest BCUT2D eigenvalue weighted by Gasteiger charge is 1.91. The summed E-state index contributed by atoms with van der Waals surface area (Å²) in [6, 6.07) is 9.39. The van der Waals surface area contributed by atoms with Gasteiger partial charge in [-0.2, -0.15) is 4.99 Å². The van der Waals surface area contributed by atoms with Crippen molar-refractivity contribution in [2.45, 2.75) is 32.6 Å². The molecule has 4 nitrogen and oxygen atoms in total. The summed E-state index contributed by atoms with van der Waals surface area (Å²) in [6.45, 7) is 2.94. The van der Waals surface area contributed by atoms with Crippen LogP contribution < -0.4 is 0 Å². The molecule has 0 aliphatic rings. The molecular weight excluding hydrogens is 214 g/mol.